The summed E-state index contributed by atoms with van der Waals surface area (Å²) >= 11 is 17.6. The van der Waals surface area contributed by atoms with Crippen molar-refractivity contribution in [3.05, 3.63) is 0 Å². The lowest BCUT2D eigenvalue weighted by molar-refractivity contribution is 0.175. The molecule has 3 aromatic heterocycles. The average molecular weight is 579 g/mol. The summed E-state index contributed by atoms with van der Waals surface area (Å²) in [5.74, 6) is 6.69. The molecule has 11 heteroatoms. The topological polar surface area (TPSA) is 18.5 Å². The van der Waals surface area contributed by atoms with Gasteiger partial charge in [0.05, 0.1) is 27.9 Å². The van der Waals surface area contributed by atoms with Gasteiger partial charge in [-0.15, -0.1) is 105 Å². The number of hydrogen-bond donors (Lipinski definition) is 0. The number of thiophene rings is 3. The van der Waals surface area contributed by atoms with Crippen LogP contribution in [-0.4, -0.2) is 48.7 Å². The van der Waals surface area contributed by atoms with Crippen molar-refractivity contribution in [3.63, 3.8) is 0 Å². The Morgan fingerprint density at radius 2 is 0.968 bits per heavy atom. The second-order valence-corrected chi connectivity index (χ2v) is 16.3. The van der Waals surface area contributed by atoms with Crippen LogP contribution in [0.4, 0.5) is 0 Å². The van der Waals surface area contributed by atoms with Gasteiger partial charge in [-0.3, -0.25) is 0 Å². The van der Waals surface area contributed by atoms with E-state index in [2.05, 4.69) is 12.5 Å². The van der Waals surface area contributed by atoms with E-state index < -0.39 is 0 Å². The number of fused-ring (bicyclic) bond motifs is 3. The summed E-state index contributed by atoms with van der Waals surface area (Å²) in [5.41, 5.74) is 0. The molecule has 0 saturated heterocycles. The highest BCUT2D eigenvalue weighted by Gasteiger charge is 2.34. The van der Waals surface area contributed by atoms with Crippen LogP contribution in [0.1, 0.15) is 0 Å². The van der Waals surface area contributed by atoms with Crippen LogP contribution in [0, 0.1) is 0 Å². The highest BCUT2D eigenvalue weighted by atomic mass is 32.2. The van der Waals surface area contributed by atoms with Gasteiger partial charge in [0.15, 0.2) is 11.5 Å². The summed E-state index contributed by atoms with van der Waals surface area (Å²) in [6, 6.07) is 0. The molecule has 0 fully saturated rings. The molecule has 0 bridgehead atoms. The molecule has 6 heterocycles. The molecule has 31 heavy (non-hydrogen) atoms. The maximum atomic E-state index is 6.28. The SMILES string of the molecule is CSc1sc(-c2sc(-c3sc(SC)c4c3SCCS4)c3c2OCCO3)c2c1SCCS2. The Morgan fingerprint density at radius 3 is 1.39 bits per heavy atom. The maximum Gasteiger partial charge on any atom is 0.181 e. The van der Waals surface area contributed by atoms with Crippen LogP contribution in [0.25, 0.3) is 19.5 Å². The zero-order valence-corrected chi connectivity index (χ0v) is 24.1. The fraction of sp³-hybridized carbons (Fsp3) is 0.400. The second kappa shape index (κ2) is 9.45. The molecule has 0 saturated carbocycles. The first-order chi connectivity index (χ1) is 15.3. The van der Waals surface area contributed by atoms with E-state index in [1.807, 2.05) is 105 Å². The first-order valence-electron chi connectivity index (χ1n) is 9.66. The van der Waals surface area contributed by atoms with E-state index in [4.69, 9.17) is 9.47 Å². The fourth-order valence-corrected chi connectivity index (χ4v) is 15.6. The minimum absolute atomic E-state index is 0.629. The smallest absolute Gasteiger partial charge is 0.181 e. The zero-order valence-electron chi connectivity index (χ0n) is 16.7. The number of hydrogen-bond acceptors (Lipinski definition) is 11. The molecule has 6 rings (SSSR count). The Bertz CT molecular complexity index is 1060. The predicted molar refractivity (Wildman–Crippen MR) is 148 cm³/mol. The lowest BCUT2D eigenvalue weighted by atomic mass is 10.2. The third-order valence-corrected chi connectivity index (χ3v) is 17.0. The molecule has 0 unspecified atom stereocenters. The third-order valence-electron chi connectivity index (χ3n) is 4.92. The quantitative estimate of drug-likeness (QED) is 0.282. The molecular weight excluding hydrogens is 561 g/mol. The Labute approximate surface area is 219 Å². The molecule has 3 aliphatic rings. The summed E-state index contributed by atoms with van der Waals surface area (Å²) in [6.07, 6.45) is 4.39. The number of ether oxygens (including phenoxy) is 2. The molecule has 0 spiro atoms. The first-order valence-corrected chi connectivity index (χ1v) is 18.5. The van der Waals surface area contributed by atoms with Gasteiger partial charge in [-0.1, -0.05) is 0 Å². The van der Waals surface area contributed by atoms with Gasteiger partial charge in [0, 0.05) is 42.6 Å². The van der Waals surface area contributed by atoms with Gasteiger partial charge in [-0.2, -0.15) is 0 Å². The van der Waals surface area contributed by atoms with Gasteiger partial charge in [-0.05, 0) is 12.5 Å². The van der Waals surface area contributed by atoms with Crippen molar-refractivity contribution in [2.24, 2.45) is 0 Å². The van der Waals surface area contributed by atoms with Gasteiger partial charge >= 0.3 is 0 Å². The summed E-state index contributed by atoms with van der Waals surface area (Å²) in [4.78, 5) is 11.2. The minimum Gasteiger partial charge on any atom is -0.485 e. The van der Waals surface area contributed by atoms with Crippen molar-refractivity contribution < 1.29 is 9.47 Å². The minimum atomic E-state index is 0.629. The summed E-state index contributed by atoms with van der Waals surface area (Å²) < 4.78 is 15.4. The molecule has 0 N–H and O–H groups in total. The molecule has 2 nitrogen and oxygen atoms in total. The number of rotatable bonds is 4. The number of thioether (sulfide) groups is 6. The van der Waals surface area contributed by atoms with Crippen LogP contribution in [0.2, 0.25) is 0 Å². The van der Waals surface area contributed by atoms with Crippen LogP contribution in [0.15, 0.2) is 28.0 Å². The van der Waals surface area contributed by atoms with Crippen molar-refractivity contribution in [1.29, 1.82) is 0 Å². The van der Waals surface area contributed by atoms with E-state index in [1.54, 1.807) is 0 Å². The third kappa shape index (κ3) is 3.82. The molecule has 0 atom stereocenters. The van der Waals surface area contributed by atoms with Gasteiger partial charge < -0.3 is 9.47 Å². The van der Waals surface area contributed by atoms with Crippen molar-refractivity contribution in [1.82, 2.24) is 0 Å². The average Bonchev–Trinajstić information content (AvgIpc) is 3.50. The van der Waals surface area contributed by atoms with E-state index >= 15 is 0 Å². The van der Waals surface area contributed by atoms with Crippen LogP contribution in [0.5, 0.6) is 11.5 Å². The molecule has 0 aromatic carbocycles. The molecule has 0 aliphatic carbocycles. The molecular formula is C20H18O2S9. The Kier molecular flexibility index (Phi) is 6.79. The van der Waals surface area contributed by atoms with E-state index in [9.17, 15) is 0 Å². The van der Waals surface area contributed by atoms with Crippen LogP contribution < -0.4 is 9.47 Å². The molecule has 3 aromatic rings. The summed E-state index contributed by atoms with van der Waals surface area (Å²) in [6.45, 7) is 1.26. The van der Waals surface area contributed by atoms with E-state index in [-0.39, 0.29) is 0 Å². The molecule has 3 aliphatic heterocycles. The molecule has 164 valence electrons. The lowest BCUT2D eigenvalue weighted by Crippen LogP contribution is -2.14. The van der Waals surface area contributed by atoms with Crippen molar-refractivity contribution in [3.8, 4) is 31.0 Å². The van der Waals surface area contributed by atoms with E-state index in [0.29, 0.717) is 13.2 Å². The first kappa shape index (κ1) is 22.3. The normalized spacial score (nSPS) is 17.5. The van der Waals surface area contributed by atoms with E-state index in [1.165, 1.54) is 70.5 Å². The molecule has 0 radical (unpaired) electrons. The second-order valence-electron chi connectivity index (χ2n) is 6.67. The summed E-state index contributed by atoms with van der Waals surface area (Å²) in [7, 11) is 0. The van der Waals surface area contributed by atoms with Crippen molar-refractivity contribution in [2.75, 3.05) is 48.7 Å². The largest absolute Gasteiger partial charge is 0.485 e. The summed E-state index contributed by atoms with van der Waals surface area (Å²) in [5, 5.41) is 0. The monoisotopic (exact) mass is 578 g/mol. The highest BCUT2D eigenvalue weighted by Crippen LogP contribution is 2.63. The van der Waals surface area contributed by atoms with Gasteiger partial charge in [0.1, 0.15) is 13.2 Å². The van der Waals surface area contributed by atoms with Crippen molar-refractivity contribution in [2.45, 2.75) is 28.0 Å². The Morgan fingerprint density at radius 1 is 0.548 bits per heavy atom. The standard InChI is InChI=1S/C20H18O2S9/c1-23-19-17-13(25-5-7-27-17)15(30-19)11-9-10(22-4-3-21-9)12(29-11)16-14-18(20(24-2)31-16)28-8-6-26-14/h3-8H2,1-2H3. The lowest BCUT2D eigenvalue weighted by Gasteiger charge is -2.18. The van der Waals surface area contributed by atoms with Gasteiger partial charge in [-0.25, -0.2) is 0 Å². The van der Waals surface area contributed by atoms with Crippen LogP contribution in [-0.2, 0) is 0 Å². The van der Waals surface area contributed by atoms with Crippen molar-refractivity contribution >= 4 is 105 Å². The Balaban J connectivity index is 1.55. The zero-order chi connectivity index (χ0) is 20.9. The van der Waals surface area contributed by atoms with Crippen LogP contribution >= 0.6 is 105 Å². The maximum absolute atomic E-state index is 6.28. The van der Waals surface area contributed by atoms with Gasteiger partial charge in [0.2, 0.25) is 0 Å². The fourth-order valence-electron chi connectivity index (χ4n) is 3.67. The molecule has 0 amide bonds. The highest BCUT2D eigenvalue weighted by molar-refractivity contribution is 8.08. The Hall–Kier alpha value is 0.800. The van der Waals surface area contributed by atoms with Crippen LogP contribution in [0.3, 0.4) is 0 Å². The van der Waals surface area contributed by atoms with Gasteiger partial charge in [0.25, 0.3) is 0 Å². The predicted octanol–water partition coefficient (Wildman–Crippen LogP) is 8.82. The van der Waals surface area contributed by atoms with E-state index in [0.717, 1.165) is 11.5 Å².